The van der Waals surface area contributed by atoms with Gasteiger partial charge in [0.1, 0.15) is 11.6 Å². The highest BCUT2D eigenvalue weighted by Gasteiger charge is 2.29. The zero-order chi connectivity index (χ0) is 21.5. The first-order chi connectivity index (χ1) is 14.5. The van der Waals surface area contributed by atoms with Gasteiger partial charge in [0.2, 0.25) is 0 Å². The van der Waals surface area contributed by atoms with Gasteiger partial charge in [-0.25, -0.2) is 8.78 Å². The summed E-state index contributed by atoms with van der Waals surface area (Å²) in [6.45, 7) is 1.93. The van der Waals surface area contributed by atoms with Gasteiger partial charge in [0.25, 0.3) is 0 Å². The largest absolute Gasteiger partial charge is 0.207 e. The van der Waals surface area contributed by atoms with Crippen molar-refractivity contribution in [2.75, 3.05) is 0 Å². The first-order valence-corrected chi connectivity index (χ1v) is 9.61. The van der Waals surface area contributed by atoms with E-state index >= 15 is 0 Å². The van der Waals surface area contributed by atoms with Crippen LogP contribution in [0.4, 0.5) is 8.78 Å². The molecule has 0 saturated heterocycles. The Bertz CT molecular complexity index is 1090. The van der Waals surface area contributed by atoms with E-state index in [4.69, 9.17) is 0 Å². The molecule has 0 saturated carbocycles. The van der Waals surface area contributed by atoms with Crippen molar-refractivity contribution in [3.05, 3.63) is 113 Å². The zero-order valence-corrected chi connectivity index (χ0v) is 16.5. The summed E-state index contributed by atoms with van der Waals surface area (Å²) < 4.78 is 26.8. The summed E-state index contributed by atoms with van der Waals surface area (Å²) in [6.07, 6.45) is 1.80. The summed E-state index contributed by atoms with van der Waals surface area (Å²) in [4.78, 5) is 0. The van der Waals surface area contributed by atoms with Crippen molar-refractivity contribution in [1.29, 1.82) is 10.5 Å². The second-order valence-corrected chi connectivity index (χ2v) is 7.15. The van der Waals surface area contributed by atoms with Crippen LogP contribution in [0.2, 0.25) is 0 Å². The molecule has 0 radical (unpaired) electrons. The zero-order valence-electron chi connectivity index (χ0n) is 16.5. The molecule has 0 aliphatic carbocycles. The summed E-state index contributed by atoms with van der Waals surface area (Å²) in [5.74, 6) is -1.74. The molecule has 3 atom stereocenters. The number of allylic oxidation sites excluding steroid dienone is 2. The first kappa shape index (κ1) is 21.0. The maximum absolute atomic E-state index is 13.5. The summed E-state index contributed by atoms with van der Waals surface area (Å²) in [5.41, 5.74) is 2.68. The number of nitrogens with zero attached hydrogens (tertiary/aromatic N) is 2. The van der Waals surface area contributed by atoms with E-state index < -0.39 is 5.92 Å². The van der Waals surface area contributed by atoms with Gasteiger partial charge in [-0.2, -0.15) is 10.5 Å². The van der Waals surface area contributed by atoms with Crippen molar-refractivity contribution in [3.8, 4) is 12.1 Å². The van der Waals surface area contributed by atoms with E-state index in [-0.39, 0.29) is 23.5 Å². The molecule has 0 fully saturated rings. The minimum Gasteiger partial charge on any atom is -0.207 e. The molecule has 0 aliphatic rings. The molecular formula is C26H20F2N2. The minimum atomic E-state index is -0.490. The smallest absolute Gasteiger partial charge is 0.123 e. The topological polar surface area (TPSA) is 47.6 Å². The average Bonchev–Trinajstić information content (AvgIpc) is 2.77. The Hall–Kier alpha value is -3.76. The van der Waals surface area contributed by atoms with Crippen LogP contribution in [0.5, 0.6) is 0 Å². The molecule has 0 bridgehead atoms. The molecule has 4 heteroatoms. The number of halogens is 2. The molecule has 148 valence electrons. The fraction of sp³-hybridized carbons (Fsp3) is 0.154. The van der Waals surface area contributed by atoms with Crippen molar-refractivity contribution in [3.63, 3.8) is 0 Å². The summed E-state index contributed by atoms with van der Waals surface area (Å²) in [6, 6.07) is 25.9. The third-order valence-corrected chi connectivity index (χ3v) is 5.18. The Morgan fingerprint density at radius 3 is 1.90 bits per heavy atom. The van der Waals surface area contributed by atoms with Crippen LogP contribution >= 0.6 is 0 Å². The van der Waals surface area contributed by atoms with Crippen molar-refractivity contribution in [1.82, 2.24) is 0 Å². The number of benzene rings is 3. The summed E-state index contributed by atoms with van der Waals surface area (Å²) in [5, 5.41) is 19.7. The van der Waals surface area contributed by atoms with Gasteiger partial charge in [0.05, 0.1) is 23.6 Å². The fourth-order valence-corrected chi connectivity index (χ4v) is 3.70. The van der Waals surface area contributed by atoms with Crippen molar-refractivity contribution in [2.45, 2.75) is 18.8 Å². The number of hydrogen-bond acceptors (Lipinski definition) is 2. The second-order valence-electron chi connectivity index (χ2n) is 7.15. The molecule has 3 unspecified atom stereocenters. The Morgan fingerprint density at radius 2 is 1.37 bits per heavy atom. The third kappa shape index (κ3) is 4.80. The van der Waals surface area contributed by atoms with E-state index in [0.717, 1.165) is 11.1 Å². The lowest BCUT2D eigenvalue weighted by atomic mass is 9.74. The molecule has 0 amide bonds. The molecule has 3 aromatic rings. The number of rotatable bonds is 6. The van der Waals surface area contributed by atoms with Gasteiger partial charge in [-0.05, 0) is 46.9 Å². The lowest BCUT2D eigenvalue weighted by Crippen LogP contribution is -2.17. The normalized spacial score (nSPS) is 14.2. The van der Waals surface area contributed by atoms with Crippen LogP contribution in [0.15, 0.2) is 84.9 Å². The van der Waals surface area contributed by atoms with Gasteiger partial charge in [0.15, 0.2) is 0 Å². The van der Waals surface area contributed by atoms with Crippen molar-refractivity contribution < 1.29 is 8.78 Å². The Morgan fingerprint density at radius 1 is 0.800 bits per heavy atom. The first-order valence-electron chi connectivity index (χ1n) is 9.61. The fourth-order valence-electron chi connectivity index (χ4n) is 3.70. The van der Waals surface area contributed by atoms with E-state index in [2.05, 4.69) is 12.1 Å². The Kier molecular flexibility index (Phi) is 6.73. The van der Waals surface area contributed by atoms with Gasteiger partial charge >= 0.3 is 0 Å². The Labute approximate surface area is 175 Å². The summed E-state index contributed by atoms with van der Waals surface area (Å²) in [7, 11) is 0. The average molecular weight is 398 g/mol. The minimum absolute atomic E-state index is 0.222. The lowest BCUT2D eigenvalue weighted by Gasteiger charge is -2.27. The SMILES string of the molecule is CC(/C=C(\C#N)c1ccc(F)cc1)C(c1ccc(F)cc1)C(C#N)c1ccccc1. The van der Waals surface area contributed by atoms with E-state index in [1.165, 1.54) is 24.3 Å². The quantitative estimate of drug-likeness (QED) is 0.439. The van der Waals surface area contributed by atoms with Crippen LogP contribution in [0, 0.1) is 40.2 Å². The van der Waals surface area contributed by atoms with Crippen LogP contribution in [-0.4, -0.2) is 0 Å². The van der Waals surface area contributed by atoms with Crippen LogP contribution in [-0.2, 0) is 0 Å². The van der Waals surface area contributed by atoms with Gasteiger partial charge in [-0.3, -0.25) is 0 Å². The molecule has 30 heavy (non-hydrogen) atoms. The van der Waals surface area contributed by atoms with Gasteiger partial charge in [-0.15, -0.1) is 0 Å². The molecule has 3 rings (SSSR count). The van der Waals surface area contributed by atoms with Crippen molar-refractivity contribution >= 4 is 5.57 Å². The third-order valence-electron chi connectivity index (χ3n) is 5.18. The molecule has 0 N–H and O–H groups in total. The Balaban J connectivity index is 2.07. The van der Waals surface area contributed by atoms with E-state index in [9.17, 15) is 19.3 Å². The van der Waals surface area contributed by atoms with E-state index in [1.807, 2.05) is 37.3 Å². The van der Waals surface area contributed by atoms with Crippen LogP contribution in [0.1, 0.15) is 35.4 Å². The lowest BCUT2D eigenvalue weighted by molar-refractivity contribution is 0.507. The molecule has 0 heterocycles. The molecule has 0 aliphatic heterocycles. The predicted octanol–water partition coefficient (Wildman–Crippen LogP) is 6.60. The van der Waals surface area contributed by atoms with Crippen molar-refractivity contribution in [2.24, 2.45) is 5.92 Å². The molecule has 0 aromatic heterocycles. The highest BCUT2D eigenvalue weighted by molar-refractivity contribution is 5.76. The van der Waals surface area contributed by atoms with Crippen LogP contribution in [0.3, 0.4) is 0 Å². The van der Waals surface area contributed by atoms with Crippen LogP contribution in [0.25, 0.3) is 5.57 Å². The monoisotopic (exact) mass is 398 g/mol. The summed E-state index contributed by atoms with van der Waals surface area (Å²) >= 11 is 0. The van der Waals surface area contributed by atoms with Gasteiger partial charge in [-0.1, -0.05) is 67.6 Å². The highest BCUT2D eigenvalue weighted by atomic mass is 19.1. The standard InChI is InChI=1S/C26H20F2N2/c1-18(15-22(16-29)19-7-11-23(27)12-8-19)26(21-9-13-24(28)14-10-21)25(17-30)20-5-3-2-4-6-20/h2-15,18,25-26H,1H3/b22-15+. The second kappa shape index (κ2) is 9.63. The predicted molar refractivity (Wildman–Crippen MR) is 113 cm³/mol. The molecule has 0 spiro atoms. The molecule has 2 nitrogen and oxygen atoms in total. The molecular weight excluding hydrogens is 378 g/mol. The maximum Gasteiger partial charge on any atom is 0.123 e. The van der Waals surface area contributed by atoms with Gasteiger partial charge in [0, 0.05) is 5.92 Å². The van der Waals surface area contributed by atoms with Gasteiger partial charge < -0.3 is 0 Å². The van der Waals surface area contributed by atoms with E-state index in [1.54, 1.807) is 30.3 Å². The molecule has 3 aromatic carbocycles. The highest BCUT2D eigenvalue weighted by Crippen LogP contribution is 2.40. The van der Waals surface area contributed by atoms with Crippen LogP contribution < -0.4 is 0 Å². The van der Waals surface area contributed by atoms with E-state index in [0.29, 0.717) is 11.1 Å². The number of hydrogen-bond donors (Lipinski definition) is 0. The maximum atomic E-state index is 13.5. The number of nitriles is 2.